The van der Waals surface area contributed by atoms with Gasteiger partial charge in [0.05, 0.1) is 37.1 Å². The maximum absolute atomic E-state index is 12.5. The molecule has 11 heteroatoms. The van der Waals surface area contributed by atoms with Gasteiger partial charge in [0.15, 0.2) is 0 Å². The van der Waals surface area contributed by atoms with Crippen molar-refractivity contribution in [3.63, 3.8) is 0 Å². The number of carbonyl (C=O) groups excluding carboxylic acids is 2. The fourth-order valence-electron chi connectivity index (χ4n) is 4.16. The molecule has 2 aliphatic heterocycles. The van der Waals surface area contributed by atoms with E-state index < -0.39 is 30.5 Å². The maximum Gasteiger partial charge on any atom is 0.339 e. The fourth-order valence-corrected chi connectivity index (χ4v) is 4.16. The van der Waals surface area contributed by atoms with Crippen LogP contribution in [0.1, 0.15) is 20.7 Å². The molecule has 1 atom stereocenters. The molecule has 11 nitrogen and oxygen atoms in total. The number of hydroxylamine groups is 2. The molecule has 0 aliphatic carbocycles. The van der Waals surface area contributed by atoms with Crippen LogP contribution in [0.5, 0.6) is 5.75 Å². The maximum atomic E-state index is 12.5. The summed E-state index contributed by atoms with van der Waals surface area (Å²) in [7, 11) is 0. The molecule has 1 aromatic heterocycles. The number of imide groups is 1. The van der Waals surface area contributed by atoms with Crippen LogP contribution in [0, 0.1) is 0 Å². The molecule has 2 aliphatic rings. The Kier molecular flexibility index (Phi) is 7.26. The van der Waals surface area contributed by atoms with Crippen molar-refractivity contribution in [2.75, 3.05) is 39.5 Å². The molecule has 0 saturated carbocycles. The van der Waals surface area contributed by atoms with E-state index in [9.17, 15) is 19.5 Å². The van der Waals surface area contributed by atoms with Crippen molar-refractivity contribution in [3.8, 4) is 16.9 Å². The van der Waals surface area contributed by atoms with Gasteiger partial charge in [0, 0.05) is 31.4 Å². The van der Waals surface area contributed by atoms with Crippen molar-refractivity contribution >= 4 is 17.8 Å². The fraction of sp³-hybridized carbons (Fsp3) is 0.308. The summed E-state index contributed by atoms with van der Waals surface area (Å²) in [5.74, 6) is -2.36. The summed E-state index contributed by atoms with van der Waals surface area (Å²) >= 11 is 0. The van der Waals surface area contributed by atoms with E-state index in [4.69, 9.17) is 14.3 Å². The number of aromatic nitrogens is 2. The molecule has 1 N–H and O–H groups in total. The first-order chi connectivity index (χ1) is 18.0. The van der Waals surface area contributed by atoms with Gasteiger partial charge in [-0.15, -0.1) is 5.06 Å². The van der Waals surface area contributed by atoms with E-state index in [0.717, 1.165) is 50.5 Å². The first kappa shape index (κ1) is 24.6. The second-order valence-electron chi connectivity index (χ2n) is 8.66. The van der Waals surface area contributed by atoms with E-state index >= 15 is 0 Å². The lowest BCUT2D eigenvalue weighted by Crippen LogP contribution is -2.41. The zero-order chi connectivity index (χ0) is 25.8. The zero-order valence-corrected chi connectivity index (χ0v) is 20.0. The lowest BCUT2D eigenvalue weighted by molar-refractivity contribution is -0.178. The number of fused-ring (bicyclic) bond motifs is 1. The molecule has 3 heterocycles. The third kappa shape index (κ3) is 5.53. The number of carboxylic acids is 1. The lowest BCUT2D eigenvalue weighted by atomic mass is 10.1. The number of benzene rings is 2. The second-order valence-corrected chi connectivity index (χ2v) is 8.66. The standard InChI is InChI=1S/C26H26N4O7/c31-24-21-3-1-2-4-22(21)25(32)30(24)37-23(26(33)34)17-36-20-7-5-18(6-8-20)19-15-27-29(16-19)10-9-28-11-13-35-14-12-28/h1-8,15-16,23H,9-14,17H2,(H,33,34)/t23-/m0/s1. The second kappa shape index (κ2) is 10.9. The van der Waals surface area contributed by atoms with Crippen LogP contribution >= 0.6 is 0 Å². The largest absolute Gasteiger partial charge is 0.490 e. The van der Waals surface area contributed by atoms with Crippen molar-refractivity contribution in [1.82, 2.24) is 19.7 Å². The molecule has 5 rings (SSSR count). The van der Waals surface area contributed by atoms with Crippen LogP contribution in [-0.2, 0) is 20.9 Å². The highest BCUT2D eigenvalue weighted by atomic mass is 16.7. The van der Waals surface area contributed by atoms with Gasteiger partial charge in [-0.25, -0.2) is 9.63 Å². The molecular formula is C26H26N4O7. The predicted molar refractivity (Wildman–Crippen MR) is 130 cm³/mol. The summed E-state index contributed by atoms with van der Waals surface area (Å²) < 4.78 is 12.9. The summed E-state index contributed by atoms with van der Waals surface area (Å²) in [6.07, 6.45) is 2.21. The van der Waals surface area contributed by atoms with Gasteiger partial charge in [-0.3, -0.25) is 19.2 Å². The highest BCUT2D eigenvalue weighted by Crippen LogP contribution is 2.25. The lowest BCUT2D eigenvalue weighted by Gasteiger charge is -2.26. The minimum Gasteiger partial charge on any atom is -0.490 e. The molecule has 2 aromatic carbocycles. The van der Waals surface area contributed by atoms with Gasteiger partial charge in [0.25, 0.3) is 11.8 Å². The van der Waals surface area contributed by atoms with Crippen LogP contribution in [0.3, 0.4) is 0 Å². The summed E-state index contributed by atoms with van der Waals surface area (Å²) in [6, 6.07) is 13.3. The van der Waals surface area contributed by atoms with Crippen molar-refractivity contribution in [2.45, 2.75) is 12.6 Å². The number of amides is 2. The van der Waals surface area contributed by atoms with Crippen LogP contribution in [0.4, 0.5) is 0 Å². The van der Waals surface area contributed by atoms with Gasteiger partial charge >= 0.3 is 5.97 Å². The number of nitrogens with zero attached hydrogens (tertiary/aromatic N) is 4. The molecule has 2 amide bonds. The normalized spacial score (nSPS) is 16.6. The predicted octanol–water partition coefficient (Wildman–Crippen LogP) is 1.94. The number of carboxylic acid groups (broad SMARTS) is 1. The Morgan fingerprint density at radius 1 is 0.973 bits per heavy atom. The van der Waals surface area contributed by atoms with Gasteiger partial charge in [-0.2, -0.15) is 5.10 Å². The topological polar surface area (TPSA) is 123 Å². The number of morpholine rings is 1. The van der Waals surface area contributed by atoms with E-state index in [2.05, 4.69) is 10.00 Å². The van der Waals surface area contributed by atoms with Gasteiger partial charge < -0.3 is 14.6 Å². The van der Waals surface area contributed by atoms with Crippen LogP contribution in [0.2, 0.25) is 0 Å². The first-order valence-electron chi connectivity index (χ1n) is 11.9. The molecule has 0 unspecified atom stereocenters. The van der Waals surface area contributed by atoms with Crippen molar-refractivity contribution in [1.29, 1.82) is 0 Å². The number of hydrogen-bond acceptors (Lipinski definition) is 8. The summed E-state index contributed by atoms with van der Waals surface area (Å²) in [5, 5.41) is 14.5. The number of rotatable bonds is 10. The Bertz CT molecular complexity index is 1250. The Labute approximate surface area is 212 Å². The Balaban J connectivity index is 1.16. The molecule has 1 fully saturated rings. The molecular weight excluding hydrogens is 480 g/mol. The number of hydrogen-bond donors (Lipinski definition) is 1. The molecule has 1 saturated heterocycles. The molecule has 0 radical (unpaired) electrons. The van der Waals surface area contributed by atoms with Crippen LogP contribution in [0.25, 0.3) is 11.1 Å². The highest BCUT2D eigenvalue weighted by molar-refractivity contribution is 6.20. The van der Waals surface area contributed by atoms with E-state index in [0.29, 0.717) is 10.8 Å². The Hall–Kier alpha value is -4.06. The number of carbonyl (C=O) groups is 3. The third-order valence-electron chi connectivity index (χ3n) is 6.24. The smallest absolute Gasteiger partial charge is 0.339 e. The SMILES string of the molecule is O=C(O)[C@H](COc1ccc(-c2cnn(CCN3CCOCC3)c2)cc1)ON1C(=O)c2ccccc2C1=O. The van der Waals surface area contributed by atoms with E-state index in [-0.39, 0.29) is 11.1 Å². The molecule has 0 spiro atoms. The quantitative estimate of drug-likeness (QED) is 0.411. The van der Waals surface area contributed by atoms with Gasteiger partial charge in [0.1, 0.15) is 12.4 Å². The summed E-state index contributed by atoms with van der Waals surface area (Å²) in [4.78, 5) is 44.3. The van der Waals surface area contributed by atoms with Crippen molar-refractivity contribution in [3.05, 3.63) is 72.1 Å². The van der Waals surface area contributed by atoms with Crippen molar-refractivity contribution in [2.24, 2.45) is 0 Å². The van der Waals surface area contributed by atoms with E-state index in [1.807, 2.05) is 23.0 Å². The Morgan fingerprint density at radius 3 is 2.30 bits per heavy atom. The molecule has 192 valence electrons. The Morgan fingerprint density at radius 2 is 1.65 bits per heavy atom. The number of aliphatic carboxylic acids is 1. The zero-order valence-electron chi connectivity index (χ0n) is 20.0. The summed E-state index contributed by atoms with van der Waals surface area (Å²) in [5.41, 5.74) is 2.21. The summed E-state index contributed by atoms with van der Waals surface area (Å²) in [6.45, 7) is 4.68. The number of ether oxygens (including phenoxy) is 2. The van der Waals surface area contributed by atoms with Crippen molar-refractivity contribution < 1.29 is 33.8 Å². The highest BCUT2D eigenvalue weighted by Gasteiger charge is 2.39. The first-order valence-corrected chi connectivity index (χ1v) is 11.9. The van der Waals surface area contributed by atoms with E-state index in [1.54, 1.807) is 30.5 Å². The van der Waals surface area contributed by atoms with Gasteiger partial charge in [0.2, 0.25) is 6.10 Å². The van der Waals surface area contributed by atoms with Gasteiger partial charge in [-0.05, 0) is 29.8 Å². The molecule has 37 heavy (non-hydrogen) atoms. The molecule has 0 bridgehead atoms. The van der Waals surface area contributed by atoms with E-state index in [1.165, 1.54) is 12.1 Å². The monoisotopic (exact) mass is 506 g/mol. The average molecular weight is 507 g/mol. The molecule has 3 aromatic rings. The average Bonchev–Trinajstić information content (AvgIpc) is 3.49. The third-order valence-corrected chi connectivity index (χ3v) is 6.24. The van der Waals surface area contributed by atoms with Gasteiger partial charge in [-0.1, -0.05) is 24.3 Å². The van der Waals surface area contributed by atoms with Crippen LogP contribution < -0.4 is 4.74 Å². The van der Waals surface area contributed by atoms with Crippen LogP contribution in [0.15, 0.2) is 60.9 Å². The minimum atomic E-state index is -1.56. The van der Waals surface area contributed by atoms with Crippen LogP contribution in [-0.4, -0.2) is 88.2 Å². The minimum absolute atomic E-state index is 0.164.